The normalized spacial score (nSPS) is 13.1. The second kappa shape index (κ2) is 7.16. The van der Waals surface area contributed by atoms with Crippen molar-refractivity contribution in [1.82, 2.24) is 19.9 Å². The molecule has 0 fully saturated rings. The van der Waals surface area contributed by atoms with Crippen molar-refractivity contribution in [2.75, 3.05) is 11.9 Å². The summed E-state index contributed by atoms with van der Waals surface area (Å²) in [7, 11) is 0. The first-order valence-electron chi connectivity index (χ1n) is 7.74. The third-order valence-corrected chi connectivity index (χ3v) is 4.03. The van der Waals surface area contributed by atoms with E-state index in [0.29, 0.717) is 16.6 Å². The first kappa shape index (κ1) is 18.2. The fraction of sp³-hybridized carbons (Fsp3) is 0.600. The van der Waals surface area contributed by atoms with Gasteiger partial charge in [0.15, 0.2) is 0 Å². The zero-order valence-corrected chi connectivity index (χ0v) is 15.3. The van der Waals surface area contributed by atoms with Crippen LogP contribution in [-0.4, -0.2) is 38.9 Å². The molecule has 9 heteroatoms. The first-order valence-corrected chi connectivity index (χ1v) is 8.55. The molecule has 0 aliphatic rings. The highest BCUT2D eigenvalue weighted by molar-refractivity contribution is 7.20. The van der Waals surface area contributed by atoms with Crippen molar-refractivity contribution in [3.8, 4) is 0 Å². The minimum Gasteiger partial charge on any atom is -0.444 e. The molecule has 2 heterocycles. The van der Waals surface area contributed by atoms with Crippen molar-refractivity contribution < 1.29 is 9.53 Å². The van der Waals surface area contributed by atoms with Crippen molar-refractivity contribution >= 4 is 27.5 Å². The predicted octanol–water partition coefficient (Wildman–Crippen LogP) is 2.11. The van der Waals surface area contributed by atoms with Crippen molar-refractivity contribution in [1.29, 1.82) is 0 Å². The van der Waals surface area contributed by atoms with Crippen LogP contribution in [0.15, 0.2) is 17.1 Å². The molecule has 24 heavy (non-hydrogen) atoms. The molecular weight excluding hydrogens is 330 g/mol. The minimum atomic E-state index is -0.543. The van der Waals surface area contributed by atoms with E-state index in [-0.39, 0.29) is 17.5 Å². The first-order chi connectivity index (χ1) is 11.2. The standard InChI is InChI=1S/C15H23N5O3S/c1-9(2)10(18-14(22)23-15(3,4)5)8-17-12-19-20-11(21)6-7-16-13(20)24-12/h6-7,9-10H,8H2,1-5H3,(H,17,19)(H,18,22). The molecule has 2 N–H and O–H groups in total. The molecule has 2 aromatic heterocycles. The molecule has 2 aromatic rings. The smallest absolute Gasteiger partial charge is 0.407 e. The molecule has 0 bridgehead atoms. The molecule has 1 amide bonds. The molecule has 1 atom stereocenters. The summed E-state index contributed by atoms with van der Waals surface area (Å²) < 4.78 is 6.54. The number of hydrogen-bond acceptors (Lipinski definition) is 7. The molecule has 8 nitrogen and oxygen atoms in total. The second-order valence-corrected chi connectivity index (χ2v) is 7.72. The predicted molar refractivity (Wildman–Crippen MR) is 93.6 cm³/mol. The topological polar surface area (TPSA) is 97.6 Å². The lowest BCUT2D eigenvalue weighted by atomic mass is 10.1. The molecule has 0 aliphatic carbocycles. The fourth-order valence-corrected chi connectivity index (χ4v) is 2.71. The molecule has 1 unspecified atom stereocenters. The summed E-state index contributed by atoms with van der Waals surface area (Å²) in [6.07, 6.45) is 1.01. The maximum atomic E-state index is 11.9. The Labute approximate surface area is 144 Å². The maximum Gasteiger partial charge on any atom is 0.407 e. The number of fused-ring (bicyclic) bond motifs is 1. The van der Waals surface area contributed by atoms with Crippen LogP contribution in [0.4, 0.5) is 9.93 Å². The molecule has 2 rings (SSSR count). The number of nitrogens with one attached hydrogen (secondary N) is 2. The van der Waals surface area contributed by atoms with Gasteiger partial charge in [-0.25, -0.2) is 9.78 Å². The Bertz CT molecular complexity index is 762. The van der Waals surface area contributed by atoms with Gasteiger partial charge in [0, 0.05) is 18.8 Å². The van der Waals surface area contributed by atoms with Gasteiger partial charge >= 0.3 is 6.09 Å². The molecule has 0 spiro atoms. The number of carbonyl (C=O) groups excluding carboxylic acids is 1. The van der Waals surface area contributed by atoms with E-state index < -0.39 is 11.7 Å². The van der Waals surface area contributed by atoms with Crippen LogP contribution < -0.4 is 16.2 Å². The summed E-state index contributed by atoms with van der Waals surface area (Å²) in [5.74, 6) is 0.195. The van der Waals surface area contributed by atoms with Gasteiger partial charge in [-0.15, -0.1) is 5.10 Å². The monoisotopic (exact) mass is 353 g/mol. The van der Waals surface area contributed by atoms with Crippen molar-refractivity contribution in [3.05, 3.63) is 22.6 Å². The average molecular weight is 353 g/mol. The Kier molecular flexibility index (Phi) is 5.43. The summed E-state index contributed by atoms with van der Waals surface area (Å²) in [4.78, 5) is 28.2. The molecule has 0 aliphatic heterocycles. The van der Waals surface area contributed by atoms with E-state index in [1.165, 1.54) is 28.1 Å². The number of nitrogens with zero attached hydrogens (tertiary/aromatic N) is 3. The van der Waals surface area contributed by atoms with Gasteiger partial charge in [-0.05, 0) is 26.7 Å². The van der Waals surface area contributed by atoms with Crippen LogP contribution in [0.5, 0.6) is 0 Å². The quantitative estimate of drug-likeness (QED) is 0.854. The van der Waals surface area contributed by atoms with E-state index >= 15 is 0 Å². The highest BCUT2D eigenvalue weighted by Gasteiger charge is 2.21. The van der Waals surface area contributed by atoms with Crippen LogP contribution in [0.3, 0.4) is 0 Å². The fourth-order valence-electron chi connectivity index (χ4n) is 1.92. The molecule has 0 aromatic carbocycles. The summed E-state index contributed by atoms with van der Waals surface area (Å²) in [6.45, 7) is 9.94. The van der Waals surface area contributed by atoms with Crippen LogP contribution in [0.25, 0.3) is 4.96 Å². The van der Waals surface area contributed by atoms with Gasteiger partial charge in [0.25, 0.3) is 5.56 Å². The number of hydrogen-bond donors (Lipinski definition) is 2. The summed E-state index contributed by atoms with van der Waals surface area (Å²) in [5, 5.41) is 10.8. The van der Waals surface area contributed by atoms with Crippen molar-refractivity contribution in [3.63, 3.8) is 0 Å². The molecule has 0 saturated heterocycles. The number of alkyl carbamates (subject to hydrolysis) is 1. The van der Waals surface area contributed by atoms with Crippen LogP contribution >= 0.6 is 11.3 Å². The van der Waals surface area contributed by atoms with Crippen molar-refractivity contribution in [2.45, 2.75) is 46.3 Å². The minimum absolute atomic E-state index is 0.142. The van der Waals surface area contributed by atoms with Crippen LogP contribution in [0.1, 0.15) is 34.6 Å². The third-order valence-electron chi connectivity index (χ3n) is 3.15. The lowest BCUT2D eigenvalue weighted by Crippen LogP contribution is -2.45. The lowest BCUT2D eigenvalue weighted by Gasteiger charge is -2.25. The summed E-state index contributed by atoms with van der Waals surface area (Å²) >= 11 is 1.28. The van der Waals surface area contributed by atoms with Crippen LogP contribution in [0.2, 0.25) is 0 Å². The number of carbonyl (C=O) groups is 1. The van der Waals surface area contributed by atoms with E-state index in [4.69, 9.17) is 4.74 Å². The molecule has 0 radical (unpaired) electrons. The van der Waals surface area contributed by atoms with E-state index in [0.717, 1.165) is 0 Å². The summed E-state index contributed by atoms with van der Waals surface area (Å²) in [6, 6.07) is 1.22. The zero-order chi connectivity index (χ0) is 17.9. The number of anilines is 1. The van der Waals surface area contributed by atoms with Crippen LogP contribution in [0, 0.1) is 5.92 Å². The maximum absolute atomic E-state index is 11.9. The Morgan fingerprint density at radius 2 is 2.12 bits per heavy atom. The second-order valence-electron chi connectivity index (χ2n) is 6.76. The number of ether oxygens (including phenoxy) is 1. The van der Waals surface area contributed by atoms with Gasteiger partial charge in [-0.3, -0.25) is 4.79 Å². The molecule has 132 valence electrons. The third kappa shape index (κ3) is 4.92. The van der Waals surface area contributed by atoms with E-state index in [9.17, 15) is 9.59 Å². The SMILES string of the molecule is CC(C)C(CNc1nn2c(=O)ccnc2s1)NC(=O)OC(C)(C)C. The summed E-state index contributed by atoms with van der Waals surface area (Å²) in [5.41, 5.74) is -0.768. The zero-order valence-electron chi connectivity index (χ0n) is 14.5. The van der Waals surface area contributed by atoms with Gasteiger partial charge in [0.2, 0.25) is 10.1 Å². The number of rotatable bonds is 5. The van der Waals surface area contributed by atoms with Crippen molar-refractivity contribution in [2.24, 2.45) is 5.92 Å². The van der Waals surface area contributed by atoms with E-state index in [2.05, 4.69) is 20.7 Å². The van der Waals surface area contributed by atoms with Gasteiger partial charge < -0.3 is 15.4 Å². The Balaban J connectivity index is 2.01. The van der Waals surface area contributed by atoms with Gasteiger partial charge in [0.05, 0.1) is 6.04 Å². The van der Waals surface area contributed by atoms with E-state index in [1.54, 1.807) is 0 Å². The van der Waals surface area contributed by atoms with E-state index in [1.807, 2.05) is 34.6 Å². The van der Waals surface area contributed by atoms with Gasteiger partial charge in [-0.1, -0.05) is 25.2 Å². The Morgan fingerprint density at radius 3 is 2.71 bits per heavy atom. The van der Waals surface area contributed by atoms with Crippen LogP contribution in [-0.2, 0) is 4.74 Å². The highest BCUT2D eigenvalue weighted by atomic mass is 32.1. The average Bonchev–Trinajstić information content (AvgIpc) is 2.85. The number of aromatic nitrogens is 3. The number of amides is 1. The van der Waals surface area contributed by atoms with Gasteiger partial charge in [0.1, 0.15) is 5.60 Å². The Hall–Kier alpha value is -2.16. The molecule has 0 saturated carbocycles. The molecular formula is C15H23N5O3S. The van der Waals surface area contributed by atoms with Gasteiger partial charge in [-0.2, -0.15) is 4.52 Å². The lowest BCUT2D eigenvalue weighted by molar-refractivity contribution is 0.0494. The Morgan fingerprint density at radius 1 is 1.42 bits per heavy atom. The largest absolute Gasteiger partial charge is 0.444 e. The highest BCUT2D eigenvalue weighted by Crippen LogP contribution is 2.16.